The first-order valence-electron chi connectivity index (χ1n) is 5.75. The molecule has 1 rings (SSSR count). The molecule has 1 aromatic heterocycles. The molecule has 1 heterocycles. The van der Waals surface area contributed by atoms with Crippen molar-refractivity contribution in [1.82, 2.24) is 20.1 Å². The van der Waals surface area contributed by atoms with Crippen molar-refractivity contribution in [3.05, 3.63) is 12.7 Å². The van der Waals surface area contributed by atoms with Crippen molar-refractivity contribution in [3.63, 3.8) is 0 Å². The number of sulfone groups is 1. The minimum Gasteiger partial charge on any atom is -0.480 e. The van der Waals surface area contributed by atoms with Gasteiger partial charge < -0.3 is 10.4 Å². The van der Waals surface area contributed by atoms with Gasteiger partial charge in [0.25, 0.3) is 0 Å². The third-order valence-electron chi connectivity index (χ3n) is 2.60. The highest BCUT2D eigenvalue weighted by molar-refractivity contribution is 7.90. The summed E-state index contributed by atoms with van der Waals surface area (Å²) in [6.45, 7) is 1.53. The summed E-state index contributed by atoms with van der Waals surface area (Å²) in [5.41, 5.74) is 0. The van der Waals surface area contributed by atoms with Crippen LogP contribution >= 0.6 is 0 Å². The molecule has 0 spiro atoms. The maximum Gasteiger partial charge on any atom is 0.326 e. The Labute approximate surface area is 115 Å². The lowest BCUT2D eigenvalue weighted by Crippen LogP contribution is -2.44. The van der Waals surface area contributed by atoms with Crippen molar-refractivity contribution < 1.29 is 23.1 Å². The standard InChI is InChI=1S/C10H16N4O5S/c1-7(14-6-11-5-12-14)9(15)13-8(10(16)17)3-4-20(2,18)19/h5-8H,3-4H2,1-2H3,(H,13,15)(H,16,17). The lowest BCUT2D eigenvalue weighted by Gasteiger charge is -2.17. The summed E-state index contributed by atoms with van der Waals surface area (Å²) in [6, 6.07) is -2.00. The van der Waals surface area contributed by atoms with Gasteiger partial charge in [0.1, 0.15) is 34.6 Å². The molecule has 10 heteroatoms. The van der Waals surface area contributed by atoms with E-state index in [-0.39, 0.29) is 12.2 Å². The first-order valence-corrected chi connectivity index (χ1v) is 7.82. The van der Waals surface area contributed by atoms with Gasteiger partial charge in [-0.1, -0.05) is 0 Å². The van der Waals surface area contributed by atoms with Crippen molar-refractivity contribution in [2.45, 2.75) is 25.4 Å². The largest absolute Gasteiger partial charge is 0.480 e. The fourth-order valence-electron chi connectivity index (χ4n) is 1.42. The van der Waals surface area contributed by atoms with Crippen LogP contribution in [0, 0.1) is 0 Å². The van der Waals surface area contributed by atoms with E-state index in [2.05, 4.69) is 15.4 Å². The molecular weight excluding hydrogens is 288 g/mol. The molecule has 9 nitrogen and oxygen atoms in total. The number of aliphatic carboxylic acids is 1. The maximum atomic E-state index is 11.9. The first-order chi connectivity index (χ1) is 9.20. The number of carboxylic acid groups (broad SMARTS) is 1. The van der Waals surface area contributed by atoms with Crippen molar-refractivity contribution in [2.24, 2.45) is 0 Å². The highest BCUT2D eigenvalue weighted by Gasteiger charge is 2.25. The molecule has 2 unspecified atom stereocenters. The summed E-state index contributed by atoms with van der Waals surface area (Å²) in [6.07, 6.45) is 3.40. The van der Waals surface area contributed by atoms with E-state index in [9.17, 15) is 18.0 Å². The zero-order valence-electron chi connectivity index (χ0n) is 11.1. The Hall–Kier alpha value is -1.97. The van der Waals surface area contributed by atoms with E-state index < -0.39 is 33.8 Å². The topological polar surface area (TPSA) is 131 Å². The predicted molar refractivity (Wildman–Crippen MR) is 68.6 cm³/mol. The fraction of sp³-hybridized carbons (Fsp3) is 0.600. The Morgan fingerprint density at radius 1 is 1.45 bits per heavy atom. The monoisotopic (exact) mass is 304 g/mol. The summed E-state index contributed by atoms with van der Waals surface area (Å²) in [4.78, 5) is 26.6. The number of carbonyl (C=O) groups is 2. The predicted octanol–water partition coefficient (Wildman–Crippen LogP) is -1.16. The summed E-state index contributed by atoms with van der Waals surface area (Å²) in [5.74, 6) is -2.17. The molecule has 0 saturated heterocycles. The normalized spacial score (nSPS) is 14.5. The molecule has 2 atom stereocenters. The molecular formula is C10H16N4O5S. The number of hydrogen-bond acceptors (Lipinski definition) is 6. The third-order valence-corrected chi connectivity index (χ3v) is 3.58. The van der Waals surface area contributed by atoms with Gasteiger partial charge in [0.2, 0.25) is 5.91 Å². The minimum absolute atomic E-state index is 0.190. The summed E-state index contributed by atoms with van der Waals surface area (Å²) >= 11 is 0. The lowest BCUT2D eigenvalue weighted by atomic mass is 10.2. The first kappa shape index (κ1) is 16.1. The van der Waals surface area contributed by atoms with Gasteiger partial charge in [0, 0.05) is 6.26 Å². The van der Waals surface area contributed by atoms with E-state index in [1.165, 1.54) is 24.3 Å². The third kappa shape index (κ3) is 4.96. The second-order valence-electron chi connectivity index (χ2n) is 4.37. The highest BCUT2D eigenvalue weighted by atomic mass is 32.2. The molecule has 1 aromatic rings. The zero-order valence-corrected chi connectivity index (χ0v) is 11.9. The van der Waals surface area contributed by atoms with Crippen molar-refractivity contribution >= 4 is 21.7 Å². The van der Waals surface area contributed by atoms with Crippen molar-refractivity contribution in [1.29, 1.82) is 0 Å². The van der Waals surface area contributed by atoms with E-state index in [4.69, 9.17) is 5.11 Å². The van der Waals surface area contributed by atoms with E-state index in [0.29, 0.717) is 0 Å². The summed E-state index contributed by atoms with van der Waals surface area (Å²) in [5, 5.41) is 15.0. The average Bonchev–Trinajstić information content (AvgIpc) is 2.85. The van der Waals surface area contributed by atoms with Gasteiger partial charge in [-0.2, -0.15) is 5.10 Å². The molecule has 0 saturated carbocycles. The van der Waals surface area contributed by atoms with Crippen LogP contribution in [-0.2, 0) is 19.4 Å². The van der Waals surface area contributed by atoms with Crippen LogP contribution < -0.4 is 5.32 Å². The Balaban J connectivity index is 2.66. The Morgan fingerprint density at radius 2 is 2.10 bits per heavy atom. The van der Waals surface area contributed by atoms with Crippen LogP contribution in [-0.4, -0.2) is 58.2 Å². The number of hydrogen-bond donors (Lipinski definition) is 2. The van der Waals surface area contributed by atoms with Gasteiger partial charge in [-0.3, -0.25) is 4.79 Å². The molecule has 0 aliphatic carbocycles. The quantitative estimate of drug-likeness (QED) is 0.649. The molecule has 0 fully saturated rings. The summed E-state index contributed by atoms with van der Waals surface area (Å²) in [7, 11) is -3.29. The van der Waals surface area contributed by atoms with Crippen molar-refractivity contribution in [2.75, 3.05) is 12.0 Å². The van der Waals surface area contributed by atoms with Crippen LogP contribution in [0.3, 0.4) is 0 Å². The van der Waals surface area contributed by atoms with Crippen LogP contribution in [0.5, 0.6) is 0 Å². The van der Waals surface area contributed by atoms with Crippen LogP contribution in [0.1, 0.15) is 19.4 Å². The van der Waals surface area contributed by atoms with Crippen LogP contribution in [0.15, 0.2) is 12.7 Å². The average molecular weight is 304 g/mol. The van der Waals surface area contributed by atoms with E-state index in [0.717, 1.165) is 6.26 Å². The Kier molecular flexibility index (Phi) is 5.19. The number of nitrogens with zero attached hydrogens (tertiary/aromatic N) is 3. The molecule has 112 valence electrons. The van der Waals surface area contributed by atoms with Crippen LogP contribution in [0.2, 0.25) is 0 Å². The van der Waals surface area contributed by atoms with Gasteiger partial charge in [0.05, 0.1) is 5.75 Å². The molecule has 0 aliphatic heterocycles. The number of nitrogens with one attached hydrogen (secondary N) is 1. The van der Waals surface area contributed by atoms with E-state index >= 15 is 0 Å². The molecule has 0 radical (unpaired) electrons. The van der Waals surface area contributed by atoms with E-state index in [1.54, 1.807) is 0 Å². The maximum absolute atomic E-state index is 11.9. The fourth-order valence-corrected chi connectivity index (χ4v) is 2.08. The van der Waals surface area contributed by atoms with E-state index in [1.807, 2.05) is 0 Å². The molecule has 0 aromatic carbocycles. The molecule has 0 bridgehead atoms. The van der Waals surface area contributed by atoms with Gasteiger partial charge in [-0.05, 0) is 13.3 Å². The molecule has 1 amide bonds. The van der Waals surface area contributed by atoms with Gasteiger partial charge in [-0.25, -0.2) is 22.9 Å². The lowest BCUT2D eigenvalue weighted by molar-refractivity contribution is -0.142. The highest BCUT2D eigenvalue weighted by Crippen LogP contribution is 2.04. The molecule has 0 aliphatic rings. The molecule has 20 heavy (non-hydrogen) atoms. The minimum atomic E-state index is -3.29. The van der Waals surface area contributed by atoms with Gasteiger partial charge in [-0.15, -0.1) is 0 Å². The zero-order chi connectivity index (χ0) is 15.3. The van der Waals surface area contributed by atoms with Crippen LogP contribution in [0.25, 0.3) is 0 Å². The number of carbonyl (C=O) groups excluding carboxylic acids is 1. The second-order valence-corrected chi connectivity index (χ2v) is 6.63. The smallest absolute Gasteiger partial charge is 0.326 e. The van der Waals surface area contributed by atoms with Gasteiger partial charge >= 0.3 is 5.97 Å². The number of aromatic nitrogens is 3. The Morgan fingerprint density at radius 3 is 2.55 bits per heavy atom. The number of carboxylic acids is 1. The number of amides is 1. The SMILES string of the molecule is CC(C(=O)NC(CCS(C)(=O)=O)C(=O)O)n1cncn1. The number of rotatable bonds is 7. The van der Waals surface area contributed by atoms with Crippen LogP contribution in [0.4, 0.5) is 0 Å². The second kappa shape index (κ2) is 6.46. The van der Waals surface area contributed by atoms with Gasteiger partial charge in [0.15, 0.2) is 0 Å². The molecule has 2 N–H and O–H groups in total. The van der Waals surface area contributed by atoms with Crippen molar-refractivity contribution in [3.8, 4) is 0 Å². The summed E-state index contributed by atoms with van der Waals surface area (Å²) < 4.78 is 23.3. The Bertz CT molecular complexity index is 568.